The predicted octanol–water partition coefficient (Wildman–Crippen LogP) is 1.60. The molecule has 1 aliphatic heterocycles. The predicted molar refractivity (Wildman–Crippen MR) is 44.0 cm³/mol. The monoisotopic (exact) mass is 163 g/mol. The Morgan fingerprint density at radius 1 is 1.50 bits per heavy atom. The number of benzene rings is 1. The highest BCUT2D eigenvalue weighted by atomic mass is 16.6. The standard InChI is InChI=1S/C9H9NO2/c1-6-3-2-4-7-5-10-9(11)12-8(6)7/h2-4H,5H2,1H3,(H,10,11). The van der Waals surface area contributed by atoms with Crippen molar-refractivity contribution < 1.29 is 9.53 Å². The van der Waals surface area contributed by atoms with Crippen molar-refractivity contribution in [1.82, 2.24) is 5.32 Å². The first-order chi connectivity index (χ1) is 5.77. The van der Waals surface area contributed by atoms with E-state index in [1.54, 1.807) is 0 Å². The van der Waals surface area contributed by atoms with E-state index in [0.717, 1.165) is 11.1 Å². The summed E-state index contributed by atoms with van der Waals surface area (Å²) in [5, 5.41) is 2.60. The lowest BCUT2D eigenvalue weighted by molar-refractivity contribution is 0.194. The zero-order valence-electron chi connectivity index (χ0n) is 6.76. The molecule has 0 unspecified atom stereocenters. The Kier molecular flexibility index (Phi) is 1.50. The van der Waals surface area contributed by atoms with Gasteiger partial charge in [-0.2, -0.15) is 0 Å². The Morgan fingerprint density at radius 3 is 3.17 bits per heavy atom. The third kappa shape index (κ3) is 1.03. The van der Waals surface area contributed by atoms with Crippen LogP contribution in [-0.4, -0.2) is 6.09 Å². The molecule has 0 fully saturated rings. The Bertz CT molecular complexity index is 333. The second kappa shape index (κ2) is 2.52. The number of amides is 1. The Morgan fingerprint density at radius 2 is 2.33 bits per heavy atom. The third-order valence-electron chi connectivity index (χ3n) is 1.91. The fraction of sp³-hybridized carbons (Fsp3) is 0.222. The van der Waals surface area contributed by atoms with Crippen molar-refractivity contribution in [2.45, 2.75) is 13.5 Å². The minimum Gasteiger partial charge on any atom is -0.410 e. The van der Waals surface area contributed by atoms with E-state index in [2.05, 4.69) is 5.32 Å². The van der Waals surface area contributed by atoms with Gasteiger partial charge in [-0.25, -0.2) is 4.79 Å². The van der Waals surface area contributed by atoms with Crippen molar-refractivity contribution in [3.63, 3.8) is 0 Å². The molecule has 0 saturated carbocycles. The van der Waals surface area contributed by atoms with Crippen LogP contribution in [0.2, 0.25) is 0 Å². The van der Waals surface area contributed by atoms with Crippen LogP contribution in [0.15, 0.2) is 18.2 Å². The molecule has 1 amide bonds. The number of aryl methyl sites for hydroxylation is 1. The van der Waals surface area contributed by atoms with Gasteiger partial charge in [-0.3, -0.25) is 0 Å². The first kappa shape index (κ1) is 7.16. The van der Waals surface area contributed by atoms with Crippen molar-refractivity contribution in [3.05, 3.63) is 29.3 Å². The molecule has 0 atom stereocenters. The summed E-state index contributed by atoms with van der Waals surface area (Å²) in [7, 11) is 0. The Labute approximate surface area is 70.3 Å². The van der Waals surface area contributed by atoms with Crippen molar-refractivity contribution in [2.75, 3.05) is 0 Å². The van der Waals surface area contributed by atoms with Crippen molar-refractivity contribution in [1.29, 1.82) is 0 Å². The van der Waals surface area contributed by atoms with Crippen LogP contribution in [0, 0.1) is 6.92 Å². The van der Waals surface area contributed by atoms with Crippen LogP contribution in [0.5, 0.6) is 5.75 Å². The number of carbonyl (C=O) groups is 1. The smallest absolute Gasteiger partial charge is 0.410 e. The zero-order valence-corrected chi connectivity index (χ0v) is 6.76. The van der Waals surface area contributed by atoms with E-state index in [1.807, 2.05) is 25.1 Å². The average Bonchev–Trinajstić information content (AvgIpc) is 2.07. The van der Waals surface area contributed by atoms with Crippen molar-refractivity contribution in [3.8, 4) is 5.75 Å². The van der Waals surface area contributed by atoms with Gasteiger partial charge in [0.05, 0.1) is 0 Å². The summed E-state index contributed by atoms with van der Waals surface area (Å²) in [6.45, 7) is 2.49. The topological polar surface area (TPSA) is 38.3 Å². The molecular formula is C9H9NO2. The summed E-state index contributed by atoms with van der Waals surface area (Å²) < 4.78 is 5.01. The summed E-state index contributed by atoms with van der Waals surface area (Å²) in [5.74, 6) is 0.709. The molecule has 12 heavy (non-hydrogen) atoms. The van der Waals surface area contributed by atoms with Gasteiger partial charge in [-0.1, -0.05) is 18.2 Å². The highest BCUT2D eigenvalue weighted by Crippen LogP contribution is 2.25. The highest BCUT2D eigenvalue weighted by molar-refractivity contribution is 5.73. The number of hydrogen-bond acceptors (Lipinski definition) is 2. The molecule has 0 bridgehead atoms. The van der Waals surface area contributed by atoms with Gasteiger partial charge < -0.3 is 10.1 Å². The van der Waals surface area contributed by atoms with Crippen LogP contribution in [-0.2, 0) is 6.54 Å². The molecule has 0 radical (unpaired) electrons. The van der Waals surface area contributed by atoms with Crippen LogP contribution in [0.25, 0.3) is 0 Å². The average molecular weight is 163 g/mol. The SMILES string of the molecule is Cc1cccc2c1OC(=O)NC2. The lowest BCUT2D eigenvalue weighted by atomic mass is 10.1. The molecule has 0 saturated heterocycles. The second-order valence-corrected chi connectivity index (χ2v) is 2.81. The van der Waals surface area contributed by atoms with E-state index in [4.69, 9.17) is 4.74 Å². The van der Waals surface area contributed by atoms with Gasteiger partial charge >= 0.3 is 6.09 Å². The minimum absolute atomic E-state index is 0.364. The van der Waals surface area contributed by atoms with Gasteiger partial charge in [-0.05, 0) is 12.5 Å². The molecular weight excluding hydrogens is 154 g/mol. The molecule has 1 N–H and O–H groups in total. The van der Waals surface area contributed by atoms with Crippen LogP contribution >= 0.6 is 0 Å². The number of para-hydroxylation sites is 1. The van der Waals surface area contributed by atoms with E-state index in [9.17, 15) is 4.79 Å². The lowest BCUT2D eigenvalue weighted by Gasteiger charge is -2.18. The molecule has 1 aromatic rings. The zero-order chi connectivity index (χ0) is 8.55. The molecule has 0 aromatic heterocycles. The molecule has 0 spiro atoms. The van der Waals surface area contributed by atoms with E-state index in [1.165, 1.54) is 0 Å². The van der Waals surface area contributed by atoms with Crippen LogP contribution in [0.1, 0.15) is 11.1 Å². The number of rotatable bonds is 0. The quantitative estimate of drug-likeness (QED) is 0.630. The molecule has 1 aromatic carbocycles. The third-order valence-corrected chi connectivity index (χ3v) is 1.91. The normalized spacial score (nSPS) is 14.6. The van der Waals surface area contributed by atoms with E-state index in [-0.39, 0.29) is 6.09 Å². The largest absolute Gasteiger partial charge is 0.412 e. The molecule has 3 nitrogen and oxygen atoms in total. The molecule has 1 aliphatic rings. The molecule has 3 heteroatoms. The van der Waals surface area contributed by atoms with Crippen LogP contribution in [0.3, 0.4) is 0 Å². The second-order valence-electron chi connectivity index (χ2n) is 2.81. The first-order valence-electron chi connectivity index (χ1n) is 3.81. The van der Waals surface area contributed by atoms with Gasteiger partial charge in [0.25, 0.3) is 0 Å². The number of carbonyl (C=O) groups excluding carboxylic acids is 1. The maximum atomic E-state index is 10.8. The number of nitrogens with one attached hydrogen (secondary N) is 1. The van der Waals surface area contributed by atoms with E-state index >= 15 is 0 Å². The number of fused-ring (bicyclic) bond motifs is 1. The molecule has 1 heterocycles. The van der Waals surface area contributed by atoms with Gasteiger partial charge in [0, 0.05) is 12.1 Å². The number of hydrogen-bond donors (Lipinski definition) is 1. The molecule has 62 valence electrons. The van der Waals surface area contributed by atoms with Crippen molar-refractivity contribution in [2.24, 2.45) is 0 Å². The first-order valence-corrected chi connectivity index (χ1v) is 3.81. The van der Waals surface area contributed by atoms with Crippen LogP contribution in [0.4, 0.5) is 4.79 Å². The summed E-state index contributed by atoms with van der Waals surface area (Å²) in [6.07, 6.45) is -0.364. The minimum atomic E-state index is -0.364. The summed E-state index contributed by atoms with van der Waals surface area (Å²) in [5.41, 5.74) is 2.04. The van der Waals surface area contributed by atoms with E-state index in [0.29, 0.717) is 12.3 Å². The van der Waals surface area contributed by atoms with Gasteiger partial charge in [0.1, 0.15) is 5.75 Å². The van der Waals surface area contributed by atoms with Gasteiger partial charge in [-0.15, -0.1) is 0 Å². The highest BCUT2D eigenvalue weighted by Gasteiger charge is 2.16. The van der Waals surface area contributed by atoms with Crippen molar-refractivity contribution >= 4 is 6.09 Å². The van der Waals surface area contributed by atoms with Crippen LogP contribution < -0.4 is 10.1 Å². The fourth-order valence-electron chi connectivity index (χ4n) is 1.29. The maximum Gasteiger partial charge on any atom is 0.412 e. The molecule has 2 rings (SSSR count). The Balaban J connectivity index is 2.50. The Hall–Kier alpha value is -1.51. The summed E-state index contributed by atoms with van der Waals surface area (Å²) in [4.78, 5) is 10.8. The maximum absolute atomic E-state index is 10.8. The van der Waals surface area contributed by atoms with Gasteiger partial charge in [0.15, 0.2) is 0 Å². The summed E-state index contributed by atoms with van der Waals surface area (Å²) >= 11 is 0. The fourth-order valence-corrected chi connectivity index (χ4v) is 1.29. The van der Waals surface area contributed by atoms with Gasteiger partial charge in [0.2, 0.25) is 0 Å². The van der Waals surface area contributed by atoms with E-state index < -0.39 is 0 Å². The summed E-state index contributed by atoms with van der Waals surface area (Å²) in [6, 6.07) is 5.83. The molecule has 0 aliphatic carbocycles. The lowest BCUT2D eigenvalue weighted by Crippen LogP contribution is -2.31. The number of ether oxygens (including phenoxy) is 1.